The number of amides is 1. The van der Waals surface area contributed by atoms with Gasteiger partial charge in [0.05, 0.1) is 17.6 Å². The summed E-state index contributed by atoms with van der Waals surface area (Å²) >= 11 is 0. The number of rotatable bonds is 5. The van der Waals surface area contributed by atoms with Gasteiger partial charge in [0.1, 0.15) is 13.2 Å². The fraction of sp³-hybridized carbons (Fsp3) is 0.364. The minimum atomic E-state index is -3.71. The van der Waals surface area contributed by atoms with E-state index in [0.717, 1.165) is 0 Å². The first kappa shape index (κ1) is 22.1. The molecule has 0 unspecified atom stereocenters. The van der Waals surface area contributed by atoms with Crippen molar-refractivity contribution < 1.29 is 32.2 Å². The molecule has 1 N–H and O–H groups in total. The van der Waals surface area contributed by atoms with Crippen LogP contribution in [-0.4, -0.2) is 58.0 Å². The van der Waals surface area contributed by atoms with Gasteiger partial charge >= 0.3 is 5.97 Å². The summed E-state index contributed by atoms with van der Waals surface area (Å²) in [5, 5.41) is 2.81. The van der Waals surface area contributed by atoms with E-state index in [1.807, 2.05) is 0 Å². The Labute approximate surface area is 186 Å². The normalized spacial score (nSPS) is 16.9. The Balaban J connectivity index is 1.38. The van der Waals surface area contributed by atoms with Crippen LogP contribution in [0.3, 0.4) is 0 Å². The Kier molecular flexibility index (Phi) is 6.33. The first-order valence-corrected chi connectivity index (χ1v) is 11.7. The molecule has 0 bridgehead atoms. The zero-order valence-electron chi connectivity index (χ0n) is 17.6. The number of esters is 1. The molecule has 0 saturated carbocycles. The molecule has 4 rings (SSSR count). The van der Waals surface area contributed by atoms with Crippen LogP contribution in [0, 0.1) is 5.92 Å². The molecule has 0 radical (unpaired) electrons. The van der Waals surface area contributed by atoms with Crippen LogP contribution in [0.1, 0.15) is 23.2 Å². The van der Waals surface area contributed by atoms with Gasteiger partial charge in [0.2, 0.25) is 15.9 Å². The smallest absolute Gasteiger partial charge is 0.337 e. The van der Waals surface area contributed by atoms with Crippen LogP contribution in [-0.2, 0) is 19.6 Å². The average Bonchev–Trinajstić information content (AvgIpc) is 2.83. The van der Waals surface area contributed by atoms with Gasteiger partial charge in [-0.05, 0) is 43.2 Å². The molecule has 0 aliphatic carbocycles. The van der Waals surface area contributed by atoms with E-state index in [2.05, 4.69) is 5.32 Å². The number of methoxy groups -OCH3 is 1. The van der Waals surface area contributed by atoms with Crippen LogP contribution in [0.2, 0.25) is 0 Å². The van der Waals surface area contributed by atoms with E-state index in [1.165, 1.54) is 23.5 Å². The van der Waals surface area contributed by atoms with Crippen LogP contribution in [0.4, 0.5) is 5.69 Å². The molecule has 32 heavy (non-hydrogen) atoms. The number of hydrogen-bond acceptors (Lipinski definition) is 7. The fourth-order valence-corrected chi connectivity index (χ4v) is 5.26. The van der Waals surface area contributed by atoms with E-state index in [0.29, 0.717) is 48.8 Å². The Morgan fingerprint density at radius 3 is 2.47 bits per heavy atom. The SMILES string of the molecule is COC(=O)c1cccc(NC(=O)C2CCN(S(=O)(=O)c3ccc4c(c3)OCCO4)CC2)c1. The van der Waals surface area contributed by atoms with E-state index >= 15 is 0 Å². The molecule has 0 atom stereocenters. The lowest BCUT2D eigenvalue weighted by Crippen LogP contribution is -2.41. The van der Waals surface area contributed by atoms with E-state index in [4.69, 9.17) is 14.2 Å². The summed E-state index contributed by atoms with van der Waals surface area (Å²) in [6.45, 7) is 1.27. The molecular weight excluding hydrogens is 436 g/mol. The van der Waals surface area contributed by atoms with Crippen molar-refractivity contribution in [2.24, 2.45) is 5.92 Å². The molecular formula is C22H24N2O7S. The molecule has 1 fully saturated rings. The molecule has 9 nitrogen and oxygen atoms in total. The second-order valence-electron chi connectivity index (χ2n) is 7.55. The van der Waals surface area contributed by atoms with Crippen molar-refractivity contribution in [1.29, 1.82) is 0 Å². The summed E-state index contributed by atoms with van der Waals surface area (Å²) in [5.74, 6) is -0.0757. The predicted molar refractivity (Wildman–Crippen MR) is 115 cm³/mol. The van der Waals surface area contributed by atoms with Gasteiger partial charge in [0, 0.05) is 30.8 Å². The number of hydrogen-bond donors (Lipinski definition) is 1. The number of nitrogens with zero attached hydrogens (tertiary/aromatic N) is 1. The lowest BCUT2D eigenvalue weighted by atomic mass is 9.97. The minimum absolute atomic E-state index is 0.143. The van der Waals surface area contributed by atoms with Crippen LogP contribution < -0.4 is 14.8 Å². The summed E-state index contributed by atoms with van der Waals surface area (Å²) in [6, 6.07) is 11.1. The van der Waals surface area contributed by atoms with Crippen molar-refractivity contribution in [2.45, 2.75) is 17.7 Å². The Bertz CT molecular complexity index is 1120. The molecule has 2 aromatic rings. The average molecular weight is 461 g/mol. The first-order valence-electron chi connectivity index (χ1n) is 10.3. The van der Waals surface area contributed by atoms with E-state index in [1.54, 1.807) is 30.3 Å². The number of carbonyl (C=O) groups excluding carboxylic acids is 2. The standard InChI is InChI=1S/C22H24N2O7S/c1-29-22(26)16-3-2-4-17(13-16)23-21(25)15-7-9-24(10-8-15)32(27,28)18-5-6-19-20(14-18)31-12-11-30-19/h2-6,13-15H,7-12H2,1H3,(H,23,25). The lowest BCUT2D eigenvalue weighted by molar-refractivity contribution is -0.120. The Hall–Kier alpha value is -3.11. The highest BCUT2D eigenvalue weighted by Gasteiger charge is 2.33. The summed E-state index contributed by atoms with van der Waals surface area (Å²) in [5.41, 5.74) is 0.829. The van der Waals surface area contributed by atoms with Gasteiger partial charge in [-0.1, -0.05) is 6.07 Å². The molecule has 0 aromatic heterocycles. The maximum atomic E-state index is 13.1. The second-order valence-corrected chi connectivity index (χ2v) is 9.48. The number of fused-ring (bicyclic) bond motifs is 1. The number of ether oxygens (including phenoxy) is 3. The van der Waals surface area contributed by atoms with Crippen molar-refractivity contribution in [2.75, 3.05) is 38.7 Å². The van der Waals surface area contributed by atoms with Crippen LogP contribution in [0.25, 0.3) is 0 Å². The molecule has 1 saturated heterocycles. The number of anilines is 1. The number of sulfonamides is 1. The summed E-state index contributed by atoms with van der Waals surface area (Å²) in [6.07, 6.45) is 0.790. The zero-order valence-corrected chi connectivity index (χ0v) is 18.4. The fourth-order valence-electron chi connectivity index (χ4n) is 3.78. The van der Waals surface area contributed by atoms with Crippen molar-refractivity contribution in [1.82, 2.24) is 4.31 Å². The van der Waals surface area contributed by atoms with Gasteiger partial charge in [0.25, 0.3) is 0 Å². The van der Waals surface area contributed by atoms with Gasteiger partial charge in [-0.25, -0.2) is 13.2 Å². The van der Waals surface area contributed by atoms with Crippen molar-refractivity contribution in [3.8, 4) is 11.5 Å². The molecule has 2 aliphatic rings. The monoisotopic (exact) mass is 460 g/mol. The van der Waals surface area contributed by atoms with Crippen molar-refractivity contribution in [3.05, 3.63) is 48.0 Å². The predicted octanol–water partition coefficient (Wildman–Crippen LogP) is 2.28. The van der Waals surface area contributed by atoms with Gasteiger partial charge in [-0.3, -0.25) is 4.79 Å². The lowest BCUT2D eigenvalue weighted by Gasteiger charge is -2.31. The topological polar surface area (TPSA) is 111 Å². The quantitative estimate of drug-likeness (QED) is 0.682. The second kappa shape index (κ2) is 9.17. The van der Waals surface area contributed by atoms with E-state index in [9.17, 15) is 18.0 Å². The maximum absolute atomic E-state index is 13.1. The Morgan fingerprint density at radius 1 is 1.03 bits per heavy atom. The highest BCUT2D eigenvalue weighted by molar-refractivity contribution is 7.89. The minimum Gasteiger partial charge on any atom is -0.486 e. The summed E-state index contributed by atoms with van der Waals surface area (Å²) in [4.78, 5) is 24.5. The van der Waals surface area contributed by atoms with Gasteiger partial charge in [-0.2, -0.15) is 4.31 Å². The molecule has 2 heterocycles. The third kappa shape index (κ3) is 4.56. The van der Waals surface area contributed by atoms with Crippen molar-refractivity contribution in [3.63, 3.8) is 0 Å². The molecule has 2 aromatic carbocycles. The molecule has 10 heteroatoms. The highest BCUT2D eigenvalue weighted by Crippen LogP contribution is 2.34. The van der Waals surface area contributed by atoms with Crippen molar-refractivity contribution >= 4 is 27.6 Å². The zero-order chi connectivity index (χ0) is 22.7. The highest BCUT2D eigenvalue weighted by atomic mass is 32.2. The molecule has 0 spiro atoms. The van der Waals surface area contributed by atoms with Crippen LogP contribution in [0.5, 0.6) is 11.5 Å². The van der Waals surface area contributed by atoms with E-state index < -0.39 is 16.0 Å². The van der Waals surface area contributed by atoms with E-state index in [-0.39, 0.29) is 29.8 Å². The third-order valence-corrected chi connectivity index (χ3v) is 7.42. The third-order valence-electron chi connectivity index (χ3n) is 5.53. The number of carbonyl (C=O) groups is 2. The first-order chi connectivity index (χ1) is 15.4. The number of piperidine rings is 1. The number of nitrogens with one attached hydrogen (secondary N) is 1. The van der Waals surface area contributed by atoms with Gasteiger partial charge in [-0.15, -0.1) is 0 Å². The van der Waals surface area contributed by atoms with Crippen LogP contribution >= 0.6 is 0 Å². The molecule has 2 aliphatic heterocycles. The summed E-state index contributed by atoms with van der Waals surface area (Å²) in [7, 11) is -2.41. The van der Waals surface area contributed by atoms with Crippen LogP contribution in [0.15, 0.2) is 47.4 Å². The van der Waals surface area contributed by atoms with Gasteiger partial charge < -0.3 is 19.5 Å². The number of benzene rings is 2. The molecule has 170 valence electrons. The summed E-state index contributed by atoms with van der Waals surface area (Å²) < 4.78 is 43.1. The largest absolute Gasteiger partial charge is 0.486 e. The maximum Gasteiger partial charge on any atom is 0.337 e. The van der Waals surface area contributed by atoms with Gasteiger partial charge in [0.15, 0.2) is 11.5 Å². The molecule has 1 amide bonds. The Morgan fingerprint density at radius 2 is 1.75 bits per heavy atom.